The van der Waals surface area contributed by atoms with Crippen molar-refractivity contribution in [2.24, 2.45) is 5.92 Å². The van der Waals surface area contributed by atoms with Gasteiger partial charge in [0.25, 0.3) is 0 Å². The summed E-state index contributed by atoms with van der Waals surface area (Å²) in [5.74, 6) is 0.544. The molecule has 1 saturated heterocycles. The van der Waals surface area contributed by atoms with E-state index in [2.05, 4.69) is 9.97 Å². The van der Waals surface area contributed by atoms with E-state index in [4.69, 9.17) is 0 Å². The van der Waals surface area contributed by atoms with E-state index in [1.54, 1.807) is 29.8 Å². The molecule has 0 N–H and O–H groups in total. The Kier molecular flexibility index (Phi) is 4.29. The van der Waals surface area contributed by atoms with Crippen molar-refractivity contribution in [2.75, 3.05) is 18.8 Å². The lowest BCUT2D eigenvalue weighted by atomic mass is 9.95. The molecule has 18 heavy (non-hydrogen) atoms. The standard InChI is InChI=1S/C12H19N3O2S/c1-2-18(16,17)15-7-3-4-11(10-15)8-12-9-13-5-6-14-12/h5-6,9,11H,2-4,7-8,10H2,1H3/t11-/m1/s1. The van der Waals surface area contributed by atoms with E-state index in [9.17, 15) is 8.42 Å². The third-order valence-electron chi connectivity index (χ3n) is 3.35. The average Bonchev–Trinajstić information content (AvgIpc) is 2.40. The summed E-state index contributed by atoms with van der Waals surface area (Å²) < 4.78 is 25.3. The van der Waals surface area contributed by atoms with Crippen LogP contribution < -0.4 is 0 Å². The minimum absolute atomic E-state index is 0.185. The summed E-state index contributed by atoms with van der Waals surface area (Å²) >= 11 is 0. The van der Waals surface area contributed by atoms with Gasteiger partial charge in [0.2, 0.25) is 10.0 Å². The molecule has 0 unspecified atom stereocenters. The Hall–Kier alpha value is -1.01. The SMILES string of the molecule is CCS(=O)(=O)N1CCC[C@H](Cc2cnccn2)C1. The van der Waals surface area contributed by atoms with Gasteiger partial charge in [0.15, 0.2) is 0 Å². The first kappa shape index (κ1) is 13.4. The lowest BCUT2D eigenvalue weighted by molar-refractivity contribution is 0.264. The van der Waals surface area contributed by atoms with Crippen LogP contribution in [0.15, 0.2) is 18.6 Å². The van der Waals surface area contributed by atoms with Crippen LogP contribution in [0.2, 0.25) is 0 Å². The van der Waals surface area contributed by atoms with Crippen molar-refractivity contribution in [3.63, 3.8) is 0 Å². The molecular weight excluding hydrogens is 250 g/mol. The molecule has 1 aromatic heterocycles. The van der Waals surface area contributed by atoms with Crippen molar-refractivity contribution in [1.82, 2.24) is 14.3 Å². The molecule has 0 aliphatic carbocycles. The molecule has 100 valence electrons. The van der Waals surface area contributed by atoms with Crippen LogP contribution in [0.4, 0.5) is 0 Å². The molecule has 2 heterocycles. The molecule has 1 aliphatic rings. The predicted octanol–water partition coefficient (Wildman–Crippen LogP) is 1.08. The topological polar surface area (TPSA) is 63.2 Å². The van der Waals surface area contributed by atoms with Crippen molar-refractivity contribution >= 4 is 10.0 Å². The first-order valence-electron chi connectivity index (χ1n) is 6.34. The summed E-state index contributed by atoms with van der Waals surface area (Å²) in [7, 11) is -3.05. The Morgan fingerprint density at radius 1 is 1.44 bits per heavy atom. The third-order valence-corrected chi connectivity index (χ3v) is 5.20. The van der Waals surface area contributed by atoms with Gasteiger partial charge in [0.05, 0.1) is 11.4 Å². The maximum Gasteiger partial charge on any atom is 0.213 e. The highest BCUT2D eigenvalue weighted by Gasteiger charge is 2.27. The van der Waals surface area contributed by atoms with Crippen molar-refractivity contribution in [3.05, 3.63) is 24.3 Å². The van der Waals surface area contributed by atoms with Gasteiger partial charge >= 0.3 is 0 Å². The van der Waals surface area contributed by atoms with Crippen LogP contribution in [0.1, 0.15) is 25.5 Å². The van der Waals surface area contributed by atoms with Crippen molar-refractivity contribution in [1.29, 1.82) is 0 Å². The van der Waals surface area contributed by atoms with Crippen molar-refractivity contribution in [2.45, 2.75) is 26.2 Å². The second-order valence-corrected chi connectivity index (χ2v) is 6.93. The van der Waals surface area contributed by atoms with Gasteiger partial charge < -0.3 is 0 Å². The number of hydrogen-bond donors (Lipinski definition) is 0. The molecule has 1 aliphatic heterocycles. The Morgan fingerprint density at radius 2 is 2.28 bits per heavy atom. The second-order valence-electron chi connectivity index (χ2n) is 4.67. The molecule has 2 rings (SSSR count). The molecule has 0 aromatic carbocycles. The van der Waals surface area contributed by atoms with E-state index in [0.29, 0.717) is 19.0 Å². The monoisotopic (exact) mass is 269 g/mol. The van der Waals surface area contributed by atoms with E-state index in [0.717, 1.165) is 25.0 Å². The van der Waals surface area contributed by atoms with Gasteiger partial charge in [-0.3, -0.25) is 9.97 Å². The smallest absolute Gasteiger partial charge is 0.213 e. The molecule has 0 radical (unpaired) electrons. The Labute approximate surface area is 108 Å². The lowest BCUT2D eigenvalue weighted by Crippen LogP contribution is -2.41. The van der Waals surface area contributed by atoms with Crippen LogP contribution in [0.5, 0.6) is 0 Å². The molecule has 0 saturated carbocycles. The first-order valence-corrected chi connectivity index (χ1v) is 7.95. The van der Waals surface area contributed by atoms with Gasteiger partial charge in [-0.25, -0.2) is 12.7 Å². The quantitative estimate of drug-likeness (QED) is 0.820. The Bertz CT molecular complexity index is 475. The highest BCUT2D eigenvalue weighted by molar-refractivity contribution is 7.89. The van der Waals surface area contributed by atoms with E-state index in [-0.39, 0.29) is 5.75 Å². The first-order chi connectivity index (χ1) is 8.62. The van der Waals surface area contributed by atoms with Crippen LogP contribution in [-0.2, 0) is 16.4 Å². The largest absolute Gasteiger partial charge is 0.261 e. The highest BCUT2D eigenvalue weighted by Crippen LogP contribution is 2.22. The van der Waals surface area contributed by atoms with Gasteiger partial charge in [-0.05, 0) is 32.1 Å². The second kappa shape index (κ2) is 5.75. The summed E-state index contributed by atoms with van der Waals surface area (Å²) in [4.78, 5) is 8.29. The zero-order chi connectivity index (χ0) is 13.0. The molecule has 0 amide bonds. The average molecular weight is 269 g/mol. The fraction of sp³-hybridized carbons (Fsp3) is 0.667. The maximum atomic E-state index is 11.9. The maximum absolute atomic E-state index is 11.9. The molecule has 1 atom stereocenters. The van der Waals surface area contributed by atoms with Gasteiger partial charge in [0, 0.05) is 31.7 Å². The molecule has 5 nitrogen and oxygen atoms in total. The van der Waals surface area contributed by atoms with Crippen molar-refractivity contribution < 1.29 is 8.42 Å². The normalized spacial score (nSPS) is 21.9. The molecule has 0 spiro atoms. The summed E-state index contributed by atoms with van der Waals surface area (Å²) in [6.45, 7) is 2.97. The number of rotatable bonds is 4. The van der Waals surface area contributed by atoms with Gasteiger partial charge in [-0.15, -0.1) is 0 Å². The highest BCUT2D eigenvalue weighted by atomic mass is 32.2. The van der Waals surface area contributed by atoms with Crippen molar-refractivity contribution in [3.8, 4) is 0 Å². The summed E-state index contributed by atoms with van der Waals surface area (Å²) in [5.41, 5.74) is 0.943. The Balaban J connectivity index is 1.99. The number of piperidine rings is 1. The molecular formula is C12H19N3O2S. The van der Waals surface area contributed by atoms with Crippen LogP contribution in [0, 0.1) is 5.92 Å². The minimum Gasteiger partial charge on any atom is -0.261 e. The van der Waals surface area contributed by atoms with E-state index in [1.807, 2.05) is 0 Å². The van der Waals surface area contributed by atoms with E-state index < -0.39 is 10.0 Å². The minimum atomic E-state index is -3.05. The fourth-order valence-electron chi connectivity index (χ4n) is 2.36. The summed E-state index contributed by atoms with van der Waals surface area (Å²) in [6.07, 6.45) is 7.89. The number of nitrogens with zero attached hydrogens (tertiary/aromatic N) is 3. The van der Waals surface area contributed by atoms with Crippen LogP contribution in [-0.4, -0.2) is 41.5 Å². The van der Waals surface area contributed by atoms with Crippen LogP contribution in [0.3, 0.4) is 0 Å². The van der Waals surface area contributed by atoms with E-state index >= 15 is 0 Å². The van der Waals surface area contributed by atoms with Gasteiger partial charge in [0.1, 0.15) is 0 Å². The molecule has 6 heteroatoms. The summed E-state index contributed by atoms with van der Waals surface area (Å²) in [5, 5.41) is 0. The van der Waals surface area contributed by atoms with Gasteiger partial charge in [-0.1, -0.05) is 0 Å². The number of aromatic nitrogens is 2. The predicted molar refractivity (Wildman–Crippen MR) is 69.5 cm³/mol. The molecule has 1 fully saturated rings. The van der Waals surface area contributed by atoms with E-state index in [1.165, 1.54) is 0 Å². The zero-order valence-electron chi connectivity index (χ0n) is 10.6. The van der Waals surface area contributed by atoms with Crippen LogP contribution in [0.25, 0.3) is 0 Å². The van der Waals surface area contributed by atoms with Gasteiger partial charge in [-0.2, -0.15) is 0 Å². The Morgan fingerprint density at radius 3 is 2.94 bits per heavy atom. The number of hydrogen-bond acceptors (Lipinski definition) is 4. The summed E-state index contributed by atoms with van der Waals surface area (Å²) in [6, 6.07) is 0. The molecule has 1 aromatic rings. The fourth-order valence-corrected chi connectivity index (χ4v) is 3.57. The number of sulfonamides is 1. The lowest BCUT2D eigenvalue weighted by Gasteiger charge is -2.31. The zero-order valence-corrected chi connectivity index (χ0v) is 11.4. The molecule has 0 bridgehead atoms. The third kappa shape index (κ3) is 3.26. The van der Waals surface area contributed by atoms with Crippen LogP contribution >= 0.6 is 0 Å².